The van der Waals surface area contributed by atoms with Gasteiger partial charge in [-0.2, -0.15) is 0 Å². The van der Waals surface area contributed by atoms with E-state index in [1.807, 2.05) is 12.1 Å². The Morgan fingerprint density at radius 2 is 2.13 bits per heavy atom. The second-order valence-electron chi connectivity index (χ2n) is 7.78. The van der Waals surface area contributed by atoms with Gasteiger partial charge < -0.3 is 20.1 Å². The highest BCUT2D eigenvalue weighted by Gasteiger charge is 2.19. The summed E-state index contributed by atoms with van der Waals surface area (Å²) in [5.74, 6) is 0.165. The summed E-state index contributed by atoms with van der Waals surface area (Å²) in [6.07, 6.45) is 5.56. The molecule has 4 rings (SSSR count). The zero-order valence-corrected chi connectivity index (χ0v) is 18.3. The molecule has 1 saturated heterocycles. The Morgan fingerprint density at radius 1 is 1.30 bits per heavy atom. The number of rotatable bonds is 8. The third-order valence-electron chi connectivity index (χ3n) is 5.74. The van der Waals surface area contributed by atoms with Crippen molar-refractivity contribution in [2.45, 2.75) is 39.0 Å². The fourth-order valence-corrected chi connectivity index (χ4v) is 5.14. The van der Waals surface area contributed by atoms with Crippen molar-refractivity contribution in [2.75, 3.05) is 37.7 Å². The van der Waals surface area contributed by atoms with Crippen LogP contribution in [0.2, 0.25) is 0 Å². The van der Waals surface area contributed by atoms with Crippen LogP contribution in [0.5, 0.6) is 5.75 Å². The first-order valence-electron chi connectivity index (χ1n) is 10.7. The summed E-state index contributed by atoms with van der Waals surface area (Å²) in [5.41, 5.74) is 4.60. The van der Waals surface area contributed by atoms with Crippen molar-refractivity contribution in [3.05, 3.63) is 46.0 Å². The number of aliphatic carboxylic acids is 1. The molecule has 2 N–H and O–H groups in total. The fraction of sp³-hybridized carbons (Fsp3) is 0.478. The van der Waals surface area contributed by atoms with Gasteiger partial charge >= 0.3 is 5.97 Å². The van der Waals surface area contributed by atoms with Crippen molar-refractivity contribution in [1.29, 1.82) is 0 Å². The number of piperazine rings is 1. The first kappa shape index (κ1) is 20.9. The molecule has 160 valence electrons. The zero-order chi connectivity index (χ0) is 20.9. The predicted molar refractivity (Wildman–Crippen MR) is 121 cm³/mol. The first-order chi connectivity index (χ1) is 14.6. The molecule has 1 aliphatic carbocycles. The van der Waals surface area contributed by atoms with Gasteiger partial charge in [0.25, 0.3) is 0 Å². The summed E-state index contributed by atoms with van der Waals surface area (Å²) in [5, 5.41) is 13.5. The van der Waals surface area contributed by atoms with E-state index in [1.54, 1.807) is 11.3 Å². The average Bonchev–Trinajstić information content (AvgIpc) is 3.13. The van der Waals surface area contributed by atoms with Gasteiger partial charge in [-0.15, -0.1) is 11.3 Å². The predicted octanol–water partition coefficient (Wildman–Crippen LogP) is 3.68. The minimum Gasteiger partial charge on any atom is -0.493 e. The second kappa shape index (κ2) is 9.62. The van der Waals surface area contributed by atoms with Crippen LogP contribution in [0.15, 0.2) is 24.3 Å². The number of hydrogen-bond acceptors (Lipinski definition) is 6. The van der Waals surface area contributed by atoms with Crippen molar-refractivity contribution < 1.29 is 14.6 Å². The molecule has 0 saturated carbocycles. The summed E-state index contributed by atoms with van der Waals surface area (Å²) >= 11 is 1.77. The van der Waals surface area contributed by atoms with Crippen LogP contribution in [0.3, 0.4) is 0 Å². The molecule has 0 spiro atoms. The van der Waals surface area contributed by atoms with Crippen molar-refractivity contribution in [1.82, 2.24) is 10.3 Å². The van der Waals surface area contributed by atoms with Gasteiger partial charge in [-0.25, -0.2) is 4.98 Å². The molecule has 7 heteroatoms. The lowest BCUT2D eigenvalue weighted by Gasteiger charge is -2.26. The highest BCUT2D eigenvalue weighted by atomic mass is 32.1. The van der Waals surface area contributed by atoms with Crippen LogP contribution in [0.1, 0.15) is 41.0 Å². The topological polar surface area (TPSA) is 74.7 Å². The van der Waals surface area contributed by atoms with Crippen molar-refractivity contribution in [3.8, 4) is 5.75 Å². The van der Waals surface area contributed by atoms with Crippen LogP contribution in [-0.2, 0) is 17.6 Å². The van der Waals surface area contributed by atoms with Gasteiger partial charge in [0.15, 0.2) is 5.13 Å². The number of hydrogen-bond donors (Lipinski definition) is 2. The smallest absolute Gasteiger partial charge is 0.303 e. The largest absolute Gasteiger partial charge is 0.493 e. The number of ether oxygens (including phenoxy) is 1. The monoisotopic (exact) mass is 427 g/mol. The van der Waals surface area contributed by atoms with E-state index in [1.165, 1.54) is 10.4 Å². The number of nitrogens with zero attached hydrogens (tertiary/aromatic N) is 2. The molecule has 0 atom stereocenters. The zero-order valence-electron chi connectivity index (χ0n) is 17.4. The SMILES string of the molecule is Cc1sc(N2CCNCC2)nc1CCOc1cccc2c1CCC=C2CCC(=O)O. The Kier molecular flexibility index (Phi) is 6.69. The summed E-state index contributed by atoms with van der Waals surface area (Å²) in [6, 6.07) is 6.11. The Hall–Kier alpha value is -2.38. The van der Waals surface area contributed by atoms with E-state index in [2.05, 4.69) is 29.3 Å². The number of anilines is 1. The minimum atomic E-state index is -0.755. The molecule has 2 aromatic rings. The summed E-state index contributed by atoms with van der Waals surface area (Å²) in [7, 11) is 0. The third kappa shape index (κ3) is 4.84. The summed E-state index contributed by atoms with van der Waals surface area (Å²) < 4.78 is 6.19. The number of fused-ring (bicyclic) bond motifs is 1. The van der Waals surface area contributed by atoms with Gasteiger partial charge in [0.2, 0.25) is 0 Å². The third-order valence-corrected chi connectivity index (χ3v) is 6.81. The Balaban J connectivity index is 1.39. The molecule has 6 nitrogen and oxygen atoms in total. The van der Waals surface area contributed by atoms with E-state index < -0.39 is 5.97 Å². The lowest BCUT2D eigenvalue weighted by atomic mass is 9.88. The van der Waals surface area contributed by atoms with Gasteiger partial charge in [0.1, 0.15) is 5.75 Å². The lowest BCUT2D eigenvalue weighted by molar-refractivity contribution is -0.136. The summed E-state index contributed by atoms with van der Waals surface area (Å²) in [4.78, 5) is 19.5. The van der Waals surface area contributed by atoms with E-state index in [-0.39, 0.29) is 6.42 Å². The van der Waals surface area contributed by atoms with Crippen molar-refractivity contribution >= 4 is 28.0 Å². The van der Waals surface area contributed by atoms with Crippen LogP contribution in [0.25, 0.3) is 5.57 Å². The molecule has 30 heavy (non-hydrogen) atoms. The van der Waals surface area contributed by atoms with Crippen molar-refractivity contribution in [2.24, 2.45) is 0 Å². The Labute approximate surface area is 181 Å². The molecule has 0 radical (unpaired) electrons. The number of thiazole rings is 1. The fourth-order valence-electron chi connectivity index (χ4n) is 4.13. The molecular weight excluding hydrogens is 398 g/mol. The number of carboxylic acid groups (broad SMARTS) is 1. The number of aryl methyl sites for hydroxylation is 1. The number of aromatic nitrogens is 1. The second-order valence-corrected chi connectivity index (χ2v) is 8.96. The van der Waals surface area contributed by atoms with Crippen LogP contribution < -0.4 is 15.0 Å². The van der Waals surface area contributed by atoms with Gasteiger partial charge in [0, 0.05) is 49.5 Å². The van der Waals surface area contributed by atoms with E-state index in [0.29, 0.717) is 13.0 Å². The number of allylic oxidation sites excluding steroid dienone is 2. The highest BCUT2D eigenvalue weighted by Crippen LogP contribution is 2.35. The van der Waals surface area contributed by atoms with Gasteiger partial charge in [-0.05, 0) is 43.4 Å². The maximum atomic E-state index is 11.0. The molecule has 1 fully saturated rings. The lowest BCUT2D eigenvalue weighted by Crippen LogP contribution is -2.43. The Morgan fingerprint density at radius 3 is 2.93 bits per heavy atom. The average molecular weight is 428 g/mol. The maximum Gasteiger partial charge on any atom is 0.303 e. The first-order valence-corrected chi connectivity index (χ1v) is 11.5. The van der Waals surface area contributed by atoms with Crippen LogP contribution in [-0.4, -0.2) is 48.8 Å². The van der Waals surface area contributed by atoms with Crippen LogP contribution in [0.4, 0.5) is 5.13 Å². The van der Waals surface area contributed by atoms with Gasteiger partial charge in [-0.1, -0.05) is 18.2 Å². The normalized spacial score (nSPS) is 16.2. The number of carboxylic acids is 1. The highest BCUT2D eigenvalue weighted by molar-refractivity contribution is 7.15. The standard InChI is InChI=1S/C23H29N3O3S/c1-16-20(25-23(30-16)26-13-11-24-12-14-26)10-15-29-21-7-3-5-18-17(8-9-22(27)28)4-2-6-19(18)21/h3-5,7,24H,2,6,8-15H2,1H3,(H,27,28). The number of benzene rings is 1. The molecular formula is C23H29N3O3S. The van der Waals surface area contributed by atoms with E-state index in [4.69, 9.17) is 14.8 Å². The minimum absolute atomic E-state index is 0.162. The van der Waals surface area contributed by atoms with E-state index >= 15 is 0 Å². The number of carbonyl (C=O) groups is 1. The van der Waals surface area contributed by atoms with Crippen LogP contribution >= 0.6 is 11.3 Å². The van der Waals surface area contributed by atoms with Crippen molar-refractivity contribution in [3.63, 3.8) is 0 Å². The molecule has 2 heterocycles. The Bertz CT molecular complexity index is 932. The van der Waals surface area contributed by atoms with Gasteiger partial charge in [0.05, 0.1) is 12.3 Å². The van der Waals surface area contributed by atoms with E-state index in [0.717, 1.165) is 73.2 Å². The van der Waals surface area contributed by atoms with Gasteiger partial charge in [-0.3, -0.25) is 4.79 Å². The molecule has 0 amide bonds. The summed E-state index contributed by atoms with van der Waals surface area (Å²) in [6.45, 7) is 6.78. The maximum absolute atomic E-state index is 11.0. The molecule has 0 unspecified atom stereocenters. The molecule has 1 aromatic carbocycles. The molecule has 0 bridgehead atoms. The molecule has 1 aliphatic heterocycles. The van der Waals surface area contributed by atoms with E-state index in [9.17, 15) is 4.79 Å². The molecule has 1 aromatic heterocycles. The quantitative estimate of drug-likeness (QED) is 0.670. The van der Waals surface area contributed by atoms with Crippen LogP contribution in [0, 0.1) is 6.92 Å². The molecule has 2 aliphatic rings. The number of nitrogens with one attached hydrogen (secondary N) is 1.